The van der Waals surface area contributed by atoms with Crippen molar-refractivity contribution in [2.75, 3.05) is 34.4 Å². The summed E-state index contributed by atoms with van der Waals surface area (Å²) in [4.78, 5) is 14.4. The van der Waals surface area contributed by atoms with Gasteiger partial charge in [0.15, 0.2) is 11.5 Å². The smallest absolute Gasteiger partial charge is 0.254 e. The maximum Gasteiger partial charge on any atom is 0.254 e. The van der Waals surface area contributed by atoms with Crippen molar-refractivity contribution in [1.29, 1.82) is 0 Å². The first-order chi connectivity index (χ1) is 10.1. The van der Waals surface area contributed by atoms with Crippen LogP contribution in [0.2, 0.25) is 0 Å². The second-order valence-corrected chi connectivity index (χ2v) is 5.07. The van der Waals surface area contributed by atoms with E-state index in [1.54, 1.807) is 17.0 Å². The van der Waals surface area contributed by atoms with Crippen LogP contribution in [0.4, 0.5) is 0 Å². The van der Waals surface area contributed by atoms with E-state index in [0.29, 0.717) is 29.4 Å². The number of amides is 1. The fourth-order valence-electron chi connectivity index (χ4n) is 2.58. The number of piperidine rings is 1. The van der Waals surface area contributed by atoms with Crippen molar-refractivity contribution < 1.29 is 19.0 Å². The molecule has 1 aromatic carbocycles. The van der Waals surface area contributed by atoms with Crippen LogP contribution in [0, 0.1) is 0 Å². The van der Waals surface area contributed by atoms with E-state index in [4.69, 9.17) is 19.9 Å². The molecule has 1 amide bonds. The van der Waals surface area contributed by atoms with Gasteiger partial charge in [0, 0.05) is 24.7 Å². The number of methoxy groups -OCH3 is 3. The van der Waals surface area contributed by atoms with Crippen molar-refractivity contribution >= 4 is 5.91 Å². The van der Waals surface area contributed by atoms with E-state index in [9.17, 15) is 4.79 Å². The molecule has 0 bridgehead atoms. The van der Waals surface area contributed by atoms with E-state index in [0.717, 1.165) is 19.4 Å². The molecule has 0 aliphatic carbocycles. The molecule has 1 aromatic rings. The predicted octanol–water partition coefficient (Wildman–Crippen LogP) is 1.28. The Kier molecular flexibility index (Phi) is 4.90. The lowest BCUT2D eigenvalue weighted by molar-refractivity contribution is 0.0708. The molecule has 1 aliphatic rings. The third kappa shape index (κ3) is 3.21. The van der Waals surface area contributed by atoms with Crippen molar-refractivity contribution in [3.05, 3.63) is 17.7 Å². The maximum atomic E-state index is 12.6. The third-order valence-electron chi connectivity index (χ3n) is 3.66. The fraction of sp³-hybridized carbons (Fsp3) is 0.533. The van der Waals surface area contributed by atoms with Gasteiger partial charge in [-0.25, -0.2) is 0 Å². The monoisotopic (exact) mass is 294 g/mol. The summed E-state index contributed by atoms with van der Waals surface area (Å²) in [5.74, 6) is 1.36. The summed E-state index contributed by atoms with van der Waals surface area (Å²) in [5, 5.41) is 0. The van der Waals surface area contributed by atoms with Crippen LogP contribution in [0.25, 0.3) is 0 Å². The molecule has 21 heavy (non-hydrogen) atoms. The molecule has 2 N–H and O–H groups in total. The minimum Gasteiger partial charge on any atom is -0.493 e. The van der Waals surface area contributed by atoms with Gasteiger partial charge in [0.05, 0.1) is 21.3 Å². The number of carbonyl (C=O) groups excluding carboxylic acids is 1. The Hall–Kier alpha value is -1.95. The Bertz CT molecular complexity index is 493. The van der Waals surface area contributed by atoms with Gasteiger partial charge in [-0.3, -0.25) is 4.79 Å². The first-order valence-electron chi connectivity index (χ1n) is 6.95. The van der Waals surface area contributed by atoms with E-state index >= 15 is 0 Å². The lowest BCUT2D eigenvalue weighted by atomic mass is 10.0. The molecule has 0 radical (unpaired) electrons. The Labute approximate surface area is 124 Å². The van der Waals surface area contributed by atoms with E-state index in [1.807, 2.05) is 0 Å². The molecule has 1 fully saturated rings. The highest BCUT2D eigenvalue weighted by atomic mass is 16.5. The molecule has 0 aromatic heterocycles. The largest absolute Gasteiger partial charge is 0.493 e. The molecule has 1 unspecified atom stereocenters. The maximum absolute atomic E-state index is 12.6. The second-order valence-electron chi connectivity index (χ2n) is 5.07. The molecule has 1 heterocycles. The van der Waals surface area contributed by atoms with Crippen LogP contribution in [0.1, 0.15) is 23.2 Å². The van der Waals surface area contributed by atoms with E-state index in [-0.39, 0.29) is 11.9 Å². The van der Waals surface area contributed by atoms with Crippen LogP contribution >= 0.6 is 0 Å². The molecule has 1 atom stereocenters. The Morgan fingerprint density at radius 1 is 1.19 bits per heavy atom. The quantitative estimate of drug-likeness (QED) is 0.905. The number of likely N-dealkylation sites (tertiary alicyclic amines) is 1. The van der Waals surface area contributed by atoms with Gasteiger partial charge in [-0.15, -0.1) is 0 Å². The van der Waals surface area contributed by atoms with Gasteiger partial charge < -0.3 is 24.8 Å². The zero-order chi connectivity index (χ0) is 15.4. The second kappa shape index (κ2) is 6.67. The number of nitrogens with two attached hydrogens (primary N) is 1. The van der Waals surface area contributed by atoms with Crippen molar-refractivity contribution in [2.24, 2.45) is 5.73 Å². The van der Waals surface area contributed by atoms with E-state index in [1.165, 1.54) is 21.3 Å². The van der Waals surface area contributed by atoms with Gasteiger partial charge in [0.2, 0.25) is 5.75 Å². The van der Waals surface area contributed by atoms with Crippen LogP contribution in [0.5, 0.6) is 17.2 Å². The highest BCUT2D eigenvalue weighted by molar-refractivity contribution is 5.95. The normalized spacial score (nSPS) is 18.3. The molecule has 116 valence electrons. The standard InChI is InChI=1S/C15H22N2O4/c1-19-12-7-10(8-13(20-2)14(12)21-3)15(18)17-6-4-5-11(16)9-17/h7-8,11H,4-6,9,16H2,1-3H3. The average molecular weight is 294 g/mol. The van der Waals surface area contributed by atoms with Crippen LogP contribution in [-0.2, 0) is 0 Å². The molecule has 0 spiro atoms. The summed E-state index contributed by atoms with van der Waals surface area (Å²) in [6.07, 6.45) is 1.89. The summed E-state index contributed by atoms with van der Waals surface area (Å²) in [6, 6.07) is 3.39. The van der Waals surface area contributed by atoms with Gasteiger partial charge >= 0.3 is 0 Å². The highest BCUT2D eigenvalue weighted by Gasteiger charge is 2.24. The van der Waals surface area contributed by atoms with Gasteiger partial charge in [-0.1, -0.05) is 0 Å². The van der Waals surface area contributed by atoms with E-state index in [2.05, 4.69) is 0 Å². The summed E-state index contributed by atoms with van der Waals surface area (Å²) < 4.78 is 15.8. The molecule has 6 nitrogen and oxygen atoms in total. The van der Waals surface area contributed by atoms with Gasteiger partial charge in [0.25, 0.3) is 5.91 Å². The van der Waals surface area contributed by atoms with Crippen LogP contribution < -0.4 is 19.9 Å². The first kappa shape index (κ1) is 15.4. The van der Waals surface area contributed by atoms with Gasteiger partial charge in [-0.05, 0) is 25.0 Å². The molecule has 1 saturated heterocycles. The zero-order valence-corrected chi connectivity index (χ0v) is 12.7. The first-order valence-corrected chi connectivity index (χ1v) is 6.95. The number of ether oxygens (including phenoxy) is 3. The van der Waals surface area contributed by atoms with Crippen molar-refractivity contribution in [3.63, 3.8) is 0 Å². The number of benzene rings is 1. The number of nitrogens with zero attached hydrogens (tertiary/aromatic N) is 1. The number of hydrogen-bond donors (Lipinski definition) is 1. The Balaban J connectivity index is 2.32. The number of carbonyl (C=O) groups is 1. The third-order valence-corrected chi connectivity index (χ3v) is 3.66. The van der Waals surface area contributed by atoms with Gasteiger partial charge in [0.1, 0.15) is 0 Å². The topological polar surface area (TPSA) is 74.0 Å². The summed E-state index contributed by atoms with van der Waals surface area (Å²) in [6.45, 7) is 1.30. The fourth-order valence-corrected chi connectivity index (χ4v) is 2.58. The minimum atomic E-state index is -0.0654. The Morgan fingerprint density at radius 2 is 1.81 bits per heavy atom. The SMILES string of the molecule is COc1cc(C(=O)N2CCCC(N)C2)cc(OC)c1OC. The number of hydrogen-bond acceptors (Lipinski definition) is 5. The molecule has 6 heteroatoms. The zero-order valence-electron chi connectivity index (χ0n) is 12.7. The van der Waals surface area contributed by atoms with Crippen molar-refractivity contribution in [3.8, 4) is 17.2 Å². The molecule has 0 saturated carbocycles. The molecular formula is C15H22N2O4. The van der Waals surface area contributed by atoms with Gasteiger partial charge in [-0.2, -0.15) is 0 Å². The average Bonchev–Trinajstić information content (AvgIpc) is 2.52. The summed E-state index contributed by atoms with van der Waals surface area (Å²) in [5.41, 5.74) is 6.45. The predicted molar refractivity (Wildman–Crippen MR) is 79.2 cm³/mol. The lowest BCUT2D eigenvalue weighted by Crippen LogP contribution is -2.45. The molecule has 2 rings (SSSR count). The van der Waals surface area contributed by atoms with Crippen LogP contribution in [0.3, 0.4) is 0 Å². The Morgan fingerprint density at radius 3 is 2.29 bits per heavy atom. The summed E-state index contributed by atoms with van der Waals surface area (Å²) >= 11 is 0. The molecular weight excluding hydrogens is 272 g/mol. The van der Waals surface area contributed by atoms with Crippen molar-refractivity contribution in [1.82, 2.24) is 4.90 Å². The minimum absolute atomic E-state index is 0.0461. The molecule has 1 aliphatic heterocycles. The lowest BCUT2D eigenvalue weighted by Gasteiger charge is -2.31. The highest BCUT2D eigenvalue weighted by Crippen LogP contribution is 2.38. The van der Waals surface area contributed by atoms with Crippen molar-refractivity contribution in [2.45, 2.75) is 18.9 Å². The van der Waals surface area contributed by atoms with Crippen LogP contribution in [0.15, 0.2) is 12.1 Å². The van der Waals surface area contributed by atoms with E-state index < -0.39 is 0 Å². The van der Waals surface area contributed by atoms with Crippen LogP contribution in [-0.4, -0.2) is 51.3 Å². The summed E-state index contributed by atoms with van der Waals surface area (Å²) in [7, 11) is 4.59. The number of rotatable bonds is 4.